The van der Waals surface area contributed by atoms with Gasteiger partial charge in [-0.05, 0) is 24.6 Å². The van der Waals surface area contributed by atoms with Gasteiger partial charge in [0.05, 0.1) is 18.3 Å². The van der Waals surface area contributed by atoms with Crippen LogP contribution in [0, 0.1) is 11.7 Å². The molecule has 0 saturated heterocycles. The van der Waals surface area contributed by atoms with Crippen LogP contribution in [-0.4, -0.2) is 25.2 Å². The third-order valence-corrected chi connectivity index (χ3v) is 2.65. The Hall–Kier alpha value is -1.00. The molecule has 1 heterocycles. The van der Waals surface area contributed by atoms with Crippen LogP contribution in [0.2, 0.25) is 0 Å². The van der Waals surface area contributed by atoms with Crippen molar-refractivity contribution in [3.63, 3.8) is 0 Å². The molecule has 1 rings (SSSR count). The number of methoxy groups -OCH3 is 1. The smallest absolute Gasteiger partial charge is 0.141 e. The van der Waals surface area contributed by atoms with Gasteiger partial charge in [-0.15, -0.1) is 0 Å². The normalized spacial score (nSPS) is 15.1. The fourth-order valence-electron chi connectivity index (χ4n) is 1.91. The summed E-state index contributed by atoms with van der Waals surface area (Å²) in [7, 11) is 3.51. The van der Waals surface area contributed by atoms with Gasteiger partial charge < -0.3 is 10.1 Å². The highest BCUT2D eigenvalue weighted by molar-refractivity contribution is 5.16. The molecule has 3 nitrogen and oxygen atoms in total. The van der Waals surface area contributed by atoms with Crippen LogP contribution in [0.1, 0.15) is 25.5 Å². The second kappa shape index (κ2) is 5.92. The predicted molar refractivity (Wildman–Crippen MR) is 61.6 cm³/mol. The van der Waals surface area contributed by atoms with E-state index >= 15 is 0 Å². The molecule has 1 aromatic rings. The largest absolute Gasteiger partial charge is 0.379 e. The zero-order valence-electron chi connectivity index (χ0n) is 10.2. The highest BCUT2D eigenvalue weighted by Gasteiger charge is 2.24. The van der Waals surface area contributed by atoms with E-state index in [1.807, 2.05) is 7.05 Å². The van der Waals surface area contributed by atoms with E-state index in [0.29, 0.717) is 5.92 Å². The van der Waals surface area contributed by atoms with E-state index in [9.17, 15) is 4.39 Å². The van der Waals surface area contributed by atoms with E-state index in [0.717, 1.165) is 5.56 Å². The zero-order valence-corrected chi connectivity index (χ0v) is 10.2. The maximum Gasteiger partial charge on any atom is 0.141 e. The third-order valence-electron chi connectivity index (χ3n) is 2.65. The van der Waals surface area contributed by atoms with E-state index in [-0.39, 0.29) is 18.0 Å². The molecule has 0 spiro atoms. The van der Waals surface area contributed by atoms with Gasteiger partial charge >= 0.3 is 0 Å². The van der Waals surface area contributed by atoms with E-state index in [1.165, 1.54) is 12.3 Å². The Morgan fingerprint density at radius 3 is 2.50 bits per heavy atom. The van der Waals surface area contributed by atoms with Gasteiger partial charge in [0.1, 0.15) is 5.82 Å². The molecule has 0 aliphatic heterocycles. The van der Waals surface area contributed by atoms with Gasteiger partial charge in [0.25, 0.3) is 0 Å². The number of nitrogens with zero attached hydrogens (tertiary/aromatic N) is 1. The number of nitrogens with one attached hydrogen (secondary N) is 1. The summed E-state index contributed by atoms with van der Waals surface area (Å²) in [5.74, 6) is 0.0158. The second-order valence-corrected chi connectivity index (χ2v) is 4.15. The Bertz CT molecular complexity index is 331. The van der Waals surface area contributed by atoms with Crippen LogP contribution in [-0.2, 0) is 4.74 Å². The molecule has 0 saturated carbocycles. The number of hydrogen-bond acceptors (Lipinski definition) is 3. The lowest BCUT2D eigenvalue weighted by Crippen LogP contribution is -2.34. The van der Waals surface area contributed by atoms with Crippen LogP contribution in [0.4, 0.5) is 4.39 Å². The van der Waals surface area contributed by atoms with Crippen LogP contribution in [0.3, 0.4) is 0 Å². The molecule has 1 aromatic heterocycles. The lowest BCUT2D eigenvalue weighted by Gasteiger charge is -2.28. The van der Waals surface area contributed by atoms with E-state index in [1.54, 1.807) is 13.3 Å². The van der Waals surface area contributed by atoms with Gasteiger partial charge in [0, 0.05) is 13.3 Å². The van der Waals surface area contributed by atoms with Crippen molar-refractivity contribution in [3.8, 4) is 0 Å². The van der Waals surface area contributed by atoms with Gasteiger partial charge in [-0.25, -0.2) is 4.39 Å². The lowest BCUT2D eigenvalue weighted by molar-refractivity contribution is 0.0346. The highest BCUT2D eigenvalue weighted by Crippen LogP contribution is 2.23. The molecule has 0 aromatic carbocycles. The first-order chi connectivity index (χ1) is 7.60. The first-order valence-corrected chi connectivity index (χ1v) is 5.40. The lowest BCUT2D eigenvalue weighted by atomic mass is 9.94. The molecule has 0 aliphatic rings. The number of ether oxygens (including phenoxy) is 1. The molecule has 16 heavy (non-hydrogen) atoms. The molecule has 0 amide bonds. The topological polar surface area (TPSA) is 34.2 Å². The fraction of sp³-hybridized carbons (Fsp3) is 0.583. The molecule has 0 aliphatic carbocycles. The Kier molecular flexibility index (Phi) is 4.83. The minimum Gasteiger partial charge on any atom is -0.379 e. The van der Waals surface area contributed by atoms with Crippen LogP contribution in [0.15, 0.2) is 18.5 Å². The molecular weight excluding hydrogens is 207 g/mol. The summed E-state index contributed by atoms with van der Waals surface area (Å²) in [4.78, 5) is 3.86. The maximum atomic E-state index is 13.1. The van der Waals surface area contributed by atoms with Crippen molar-refractivity contribution in [2.75, 3.05) is 14.2 Å². The molecular formula is C12H19FN2O. The minimum absolute atomic E-state index is 0.00593. The molecule has 1 N–H and O–H groups in total. The Labute approximate surface area is 96.0 Å². The number of halogens is 1. The number of hydrogen-bond donors (Lipinski definition) is 1. The van der Waals surface area contributed by atoms with Crippen LogP contribution < -0.4 is 5.32 Å². The highest BCUT2D eigenvalue weighted by atomic mass is 19.1. The second-order valence-electron chi connectivity index (χ2n) is 4.15. The molecule has 0 fully saturated rings. The van der Waals surface area contributed by atoms with Crippen molar-refractivity contribution in [2.45, 2.75) is 26.0 Å². The van der Waals surface area contributed by atoms with Crippen molar-refractivity contribution in [3.05, 3.63) is 29.8 Å². The Balaban J connectivity index is 2.96. The van der Waals surface area contributed by atoms with Gasteiger partial charge in [-0.1, -0.05) is 13.8 Å². The number of likely N-dealkylation sites (N-methyl/N-ethyl adjacent to an activating group) is 1. The Morgan fingerprint density at radius 2 is 2.06 bits per heavy atom. The summed E-state index contributed by atoms with van der Waals surface area (Å²) in [5, 5.41) is 3.15. The van der Waals surface area contributed by atoms with Crippen molar-refractivity contribution in [1.82, 2.24) is 10.3 Å². The van der Waals surface area contributed by atoms with Crippen LogP contribution >= 0.6 is 0 Å². The van der Waals surface area contributed by atoms with Gasteiger partial charge in [-0.3, -0.25) is 4.98 Å². The molecule has 0 radical (unpaired) electrons. The molecule has 90 valence electrons. The molecule has 4 heteroatoms. The summed E-state index contributed by atoms with van der Waals surface area (Å²) >= 11 is 0. The van der Waals surface area contributed by atoms with Crippen molar-refractivity contribution < 1.29 is 9.13 Å². The summed E-state index contributed by atoms with van der Waals surface area (Å²) in [6.07, 6.45) is 2.86. The van der Waals surface area contributed by atoms with E-state index in [2.05, 4.69) is 24.1 Å². The number of rotatable bonds is 5. The summed E-state index contributed by atoms with van der Waals surface area (Å²) in [5.41, 5.74) is 0.808. The molecule has 2 atom stereocenters. The SMILES string of the molecule is CNC(c1cncc(F)c1)C(OC)C(C)C. The van der Waals surface area contributed by atoms with Crippen LogP contribution in [0.25, 0.3) is 0 Å². The maximum absolute atomic E-state index is 13.1. The predicted octanol–water partition coefficient (Wildman–Crippen LogP) is 2.15. The van der Waals surface area contributed by atoms with Crippen molar-refractivity contribution >= 4 is 0 Å². The summed E-state index contributed by atoms with van der Waals surface area (Å²) in [6.45, 7) is 4.15. The van der Waals surface area contributed by atoms with Gasteiger partial charge in [0.15, 0.2) is 0 Å². The standard InChI is InChI=1S/C12H19FN2O/c1-8(2)12(16-4)11(14-3)9-5-10(13)7-15-6-9/h5-8,11-12,14H,1-4H3. The number of aromatic nitrogens is 1. The zero-order chi connectivity index (χ0) is 12.1. The monoisotopic (exact) mass is 226 g/mol. The van der Waals surface area contributed by atoms with Gasteiger partial charge in [-0.2, -0.15) is 0 Å². The Morgan fingerprint density at radius 1 is 1.38 bits per heavy atom. The van der Waals surface area contributed by atoms with Crippen molar-refractivity contribution in [1.29, 1.82) is 0 Å². The first-order valence-electron chi connectivity index (χ1n) is 5.40. The average Bonchev–Trinajstić information content (AvgIpc) is 2.25. The van der Waals surface area contributed by atoms with E-state index < -0.39 is 0 Å². The molecule has 0 bridgehead atoms. The summed E-state index contributed by atoms with van der Waals surface area (Å²) < 4.78 is 18.5. The first kappa shape index (κ1) is 13.1. The van der Waals surface area contributed by atoms with Crippen molar-refractivity contribution in [2.24, 2.45) is 5.92 Å². The van der Waals surface area contributed by atoms with Crippen LogP contribution in [0.5, 0.6) is 0 Å². The summed E-state index contributed by atoms with van der Waals surface area (Å²) in [6, 6.07) is 1.44. The number of pyridine rings is 1. The minimum atomic E-state index is -0.323. The third kappa shape index (κ3) is 3.00. The van der Waals surface area contributed by atoms with E-state index in [4.69, 9.17) is 4.74 Å². The van der Waals surface area contributed by atoms with Gasteiger partial charge in [0.2, 0.25) is 0 Å². The quantitative estimate of drug-likeness (QED) is 0.835. The molecule has 2 unspecified atom stereocenters. The fourth-order valence-corrected chi connectivity index (χ4v) is 1.91. The average molecular weight is 226 g/mol.